The van der Waals surface area contributed by atoms with Crippen molar-refractivity contribution in [1.29, 1.82) is 0 Å². The molecule has 3 heterocycles. The van der Waals surface area contributed by atoms with Crippen LogP contribution in [0.15, 0.2) is 16.7 Å². The van der Waals surface area contributed by atoms with Crippen molar-refractivity contribution in [2.75, 3.05) is 13.1 Å². The lowest BCUT2D eigenvalue weighted by Crippen LogP contribution is -2.51. The number of H-pyrrole nitrogens is 1. The topological polar surface area (TPSA) is 54.0 Å². The quantitative estimate of drug-likeness (QED) is 0.914. The van der Waals surface area contributed by atoms with E-state index in [1.807, 2.05) is 6.07 Å². The second kappa shape index (κ2) is 5.09. The Kier molecular flexibility index (Phi) is 3.56. The van der Waals surface area contributed by atoms with E-state index in [1.54, 1.807) is 6.20 Å². The highest BCUT2D eigenvalue weighted by molar-refractivity contribution is 9.10. The molecule has 3 rings (SSSR count). The number of halogens is 1. The minimum absolute atomic E-state index is 0.106. The number of nitrogens with zero attached hydrogens (tertiary/aromatic N) is 3. The van der Waals surface area contributed by atoms with Crippen LogP contribution in [0.1, 0.15) is 26.6 Å². The lowest BCUT2D eigenvalue weighted by atomic mass is 10.1. The molecule has 108 valence electrons. The van der Waals surface area contributed by atoms with Gasteiger partial charge in [-0.2, -0.15) is 0 Å². The fraction of sp³-hybridized carbons (Fsp3) is 0.571. The highest BCUT2D eigenvalue weighted by atomic mass is 79.9. The number of hydrogen-bond donors (Lipinski definition) is 1. The zero-order valence-corrected chi connectivity index (χ0v) is 13.6. The molecule has 0 spiro atoms. The van der Waals surface area contributed by atoms with E-state index in [4.69, 9.17) is 4.74 Å². The number of nitrogens with one attached hydrogen (secondary N) is 1. The van der Waals surface area contributed by atoms with Crippen LogP contribution in [0, 0.1) is 0 Å². The predicted octanol–water partition coefficient (Wildman–Crippen LogP) is 2.72. The van der Waals surface area contributed by atoms with Crippen molar-refractivity contribution >= 4 is 27.1 Å². The molecule has 0 bridgehead atoms. The molecule has 1 aliphatic rings. The summed E-state index contributed by atoms with van der Waals surface area (Å²) in [6.07, 6.45) is 2.02. The van der Waals surface area contributed by atoms with Crippen molar-refractivity contribution in [3.05, 3.63) is 22.6 Å². The van der Waals surface area contributed by atoms with Gasteiger partial charge in [-0.15, -0.1) is 0 Å². The van der Waals surface area contributed by atoms with Crippen LogP contribution in [-0.4, -0.2) is 44.6 Å². The van der Waals surface area contributed by atoms with Gasteiger partial charge >= 0.3 is 0 Å². The number of hydrogen-bond acceptors (Lipinski definition) is 4. The number of aromatic amines is 1. The van der Waals surface area contributed by atoms with E-state index in [-0.39, 0.29) is 11.7 Å². The number of pyridine rings is 1. The van der Waals surface area contributed by atoms with Gasteiger partial charge in [0.1, 0.15) is 5.82 Å². The van der Waals surface area contributed by atoms with Crippen LogP contribution in [0.2, 0.25) is 0 Å². The molecular weight excluding hydrogens is 320 g/mol. The molecule has 0 amide bonds. The molecular formula is C14H19BrN4O. The zero-order valence-electron chi connectivity index (χ0n) is 12.0. The average molecular weight is 339 g/mol. The van der Waals surface area contributed by atoms with Gasteiger partial charge in [0.25, 0.3) is 0 Å². The monoisotopic (exact) mass is 338 g/mol. The molecule has 20 heavy (non-hydrogen) atoms. The first-order valence-electron chi connectivity index (χ1n) is 6.82. The highest BCUT2D eigenvalue weighted by Gasteiger charge is 2.31. The lowest BCUT2D eigenvalue weighted by molar-refractivity contribution is -0.131. The van der Waals surface area contributed by atoms with Crippen LogP contribution >= 0.6 is 15.9 Å². The number of aromatic nitrogens is 3. The number of imidazole rings is 1. The van der Waals surface area contributed by atoms with Gasteiger partial charge < -0.3 is 9.72 Å². The molecule has 0 unspecified atom stereocenters. The van der Waals surface area contributed by atoms with Gasteiger partial charge in [0.05, 0.1) is 23.8 Å². The largest absolute Gasteiger partial charge is 0.370 e. The lowest BCUT2D eigenvalue weighted by Gasteiger charge is -2.41. The average Bonchev–Trinajstić information content (AvgIpc) is 2.67. The molecule has 1 fully saturated rings. The van der Waals surface area contributed by atoms with E-state index >= 15 is 0 Å². The second-order valence-electron chi connectivity index (χ2n) is 6.07. The second-order valence-corrected chi connectivity index (χ2v) is 6.98. The Bertz CT molecular complexity index is 625. The van der Waals surface area contributed by atoms with Crippen LogP contribution in [-0.2, 0) is 11.3 Å². The fourth-order valence-corrected chi connectivity index (χ4v) is 3.25. The Balaban J connectivity index is 1.78. The van der Waals surface area contributed by atoms with Crippen molar-refractivity contribution in [2.45, 2.75) is 39.0 Å². The molecule has 0 saturated carbocycles. The maximum Gasteiger partial charge on any atom is 0.177 e. The summed E-state index contributed by atoms with van der Waals surface area (Å²) < 4.78 is 6.88. The molecule has 0 aliphatic carbocycles. The number of morpholine rings is 1. The predicted molar refractivity (Wildman–Crippen MR) is 81.5 cm³/mol. The summed E-state index contributed by atoms with van der Waals surface area (Å²) in [4.78, 5) is 14.6. The Morgan fingerprint density at radius 3 is 3.10 bits per heavy atom. The van der Waals surface area contributed by atoms with E-state index in [1.165, 1.54) is 0 Å². The molecule has 1 atom stereocenters. The van der Waals surface area contributed by atoms with Crippen LogP contribution in [0.5, 0.6) is 0 Å². The van der Waals surface area contributed by atoms with Crippen molar-refractivity contribution < 1.29 is 4.74 Å². The van der Waals surface area contributed by atoms with Gasteiger partial charge in [0, 0.05) is 23.8 Å². The first-order valence-corrected chi connectivity index (χ1v) is 7.61. The fourth-order valence-electron chi connectivity index (χ4n) is 2.92. The third-order valence-corrected chi connectivity index (χ3v) is 3.80. The smallest absolute Gasteiger partial charge is 0.177 e. The number of fused-ring (bicyclic) bond motifs is 1. The Labute approximate surface area is 126 Å². The first kappa shape index (κ1) is 14.0. The third kappa shape index (κ3) is 3.02. The molecule has 6 heteroatoms. The molecule has 2 aromatic heterocycles. The third-order valence-electron chi connectivity index (χ3n) is 3.37. The van der Waals surface area contributed by atoms with Crippen molar-refractivity contribution in [3.8, 4) is 0 Å². The summed E-state index contributed by atoms with van der Waals surface area (Å²) in [6, 6.07) is 2.00. The van der Waals surface area contributed by atoms with Crippen LogP contribution in [0.25, 0.3) is 11.2 Å². The standard InChI is InChI=1S/C14H19BrN4O/c1-9-6-19(8-14(2,3)20-9)7-12-17-11-4-10(15)5-16-13(11)18-12/h4-5,9H,6-8H2,1-3H3,(H,16,17,18)/t9-/m0/s1. The van der Waals surface area contributed by atoms with Crippen LogP contribution in [0.4, 0.5) is 0 Å². The van der Waals surface area contributed by atoms with Crippen molar-refractivity contribution in [3.63, 3.8) is 0 Å². The van der Waals surface area contributed by atoms with Gasteiger partial charge in [-0.05, 0) is 42.8 Å². The summed E-state index contributed by atoms with van der Waals surface area (Å²) >= 11 is 3.43. The molecule has 1 saturated heterocycles. The highest BCUT2D eigenvalue weighted by Crippen LogP contribution is 2.22. The van der Waals surface area contributed by atoms with Gasteiger partial charge in [-0.3, -0.25) is 4.90 Å². The maximum absolute atomic E-state index is 5.93. The van der Waals surface area contributed by atoms with Crippen molar-refractivity contribution in [2.24, 2.45) is 0 Å². The summed E-state index contributed by atoms with van der Waals surface area (Å²) in [6.45, 7) is 9.01. The first-order chi connectivity index (χ1) is 9.41. The molecule has 5 nitrogen and oxygen atoms in total. The molecule has 0 aromatic carbocycles. The SMILES string of the molecule is C[C@H]1CN(Cc2nc3ncc(Br)cc3[nH]2)CC(C)(C)O1. The normalized spacial score (nSPS) is 23.3. The van der Waals surface area contributed by atoms with E-state index < -0.39 is 0 Å². The molecule has 0 radical (unpaired) electrons. The number of rotatable bonds is 2. The van der Waals surface area contributed by atoms with Crippen LogP contribution in [0.3, 0.4) is 0 Å². The minimum atomic E-state index is -0.106. The number of ether oxygens (including phenoxy) is 1. The van der Waals surface area contributed by atoms with Gasteiger partial charge in [-0.25, -0.2) is 9.97 Å². The van der Waals surface area contributed by atoms with Crippen LogP contribution < -0.4 is 0 Å². The van der Waals surface area contributed by atoms with E-state index in [0.29, 0.717) is 0 Å². The minimum Gasteiger partial charge on any atom is -0.370 e. The summed E-state index contributed by atoms with van der Waals surface area (Å²) in [5.41, 5.74) is 1.63. The molecule has 2 aromatic rings. The summed E-state index contributed by atoms with van der Waals surface area (Å²) in [7, 11) is 0. The molecule has 1 N–H and O–H groups in total. The Morgan fingerprint density at radius 2 is 2.35 bits per heavy atom. The van der Waals surface area contributed by atoms with E-state index in [2.05, 4.69) is 56.6 Å². The summed E-state index contributed by atoms with van der Waals surface area (Å²) in [5.74, 6) is 0.954. The Morgan fingerprint density at radius 1 is 1.55 bits per heavy atom. The zero-order chi connectivity index (χ0) is 14.3. The van der Waals surface area contributed by atoms with E-state index in [9.17, 15) is 0 Å². The maximum atomic E-state index is 5.93. The van der Waals surface area contributed by atoms with Crippen molar-refractivity contribution in [1.82, 2.24) is 19.9 Å². The molecule has 1 aliphatic heterocycles. The Hall–Kier alpha value is -0.980. The van der Waals surface area contributed by atoms with Gasteiger partial charge in [0.2, 0.25) is 0 Å². The van der Waals surface area contributed by atoms with Gasteiger partial charge in [0.15, 0.2) is 5.65 Å². The van der Waals surface area contributed by atoms with E-state index in [0.717, 1.165) is 41.1 Å². The summed E-state index contributed by atoms with van der Waals surface area (Å²) in [5, 5.41) is 0. The van der Waals surface area contributed by atoms with Gasteiger partial charge in [-0.1, -0.05) is 0 Å².